The molecule has 2 amide bonds. The zero-order valence-electron chi connectivity index (χ0n) is 18.7. The lowest BCUT2D eigenvalue weighted by Crippen LogP contribution is -2.38. The second-order valence-corrected chi connectivity index (χ2v) is 8.83. The van der Waals surface area contributed by atoms with Gasteiger partial charge in [-0.25, -0.2) is 0 Å². The SMILES string of the molecule is N#CCCN(C(=O)CCC(=O)N1CCCN(CC2CCCCC2)CC1)c1ccccc1. The maximum absolute atomic E-state index is 12.8. The Labute approximate surface area is 186 Å². The number of benzene rings is 1. The molecule has 0 atom stereocenters. The first-order valence-corrected chi connectivity index (χ1v) is 11.9. The highest BCUT2D eigenvalue weighted by Crippen LogP contribution is 2.25. The van der Waals surface area contributed by atoms with E-state index < -0.39 is 0 Å². The van der Waals surface area contributed by atoms with Crippen LogP contribution >= 0.6 is 0 Å². The van der Waals surface area contributed by atoms with Gasteiger partial charge < -0.3 is 14.7 Å². The molecule has 0 radical (unpaired) electrons. The minimum Gasteiger partial charge on any atom is -0.341 e. The molecule has 1 aromatic carbocycles. The van der Waals surface area contributed by atoms with Gasteiger partial charge in [-0.3, -0.25) is 9.59 Å². The number of hydrogen-bond donors (Lipinski definition) is 0. The summed E-state index contributed by atoms with van der Waals surface area (Å²) in [5, 5.41) is 8.93. The van der Waals surface area contributed by atoms with Crippen LogP contribution in [0.2, 0.25) is 0 Å². The van der Waals surface area contributed by atoms with Gasteiger partial charge in [-0.1, -0.05) is 37.5 Å². The van der Waals surface area contributed by atoms with Crippen molar-refractivity contribution >= 4 is 17.5 Å². The number of nitrogens with zero attached hydrogens (tertiary/aromatic N) is 4. The van der Waals surface area contributed by atoms with Gasteiger partial charge in [0.05, 0.1) is 12.5 Å². The summed E-state index contributed by atoms with van der Waals surface area (Å²) in [5.74, 6) is 0.802. The Hall–Kier alpha value is -2.39. The van der Waals surface area contributed by atoms with Crippen LogP contribution in [-0.4, -0.2) is 60.9 Å². The van der Waals surface area contributed by atoms with E-state index in [2.05, 4.69) is 11.0 Å². The molecule has 0 aromatic heterocycles. The van der Waals surface area contributed by atoms with Crippen LogP contribution in [0, 0.1) is 17.2 Å². The van der Waals surface area contributed by atoms with Gasteiger partial charge >= 0.3 is 0 Å². The molecule has 6 nitrogen and oxygen atoms in total. The van der Waals surface area contributed by atoms with Gasteiger partial charge in [-0.05, 0) is 43.9 Å². The van der Waals surface area contributed by atoms with E-state index in [4.69, 9.17) is 5.26 Å². The molecular weight excluding hydrogens is 388 g/mol. The molecular formula is C25H36N4O2. The van der Waals surface area contributed by atoms with Crippen molar-refractivity contribution in [2.24, 2.45) is 5.92 Å². The average Bonchev–Trinajstić information content (AvgIpc) is 3.05. The number of para-hydroxylation sites is 1. The fourth-order valence-corrected chi connectivity index (χ4v) is 4.81. The molecule has 1 saturated heterocycles. The summed E-state index contributed by atoms with van der Waals surface area (Å²) < 4.78 is 0. The molecule has 1 heterocycles. The van der Waals surface area contributed by atoms with Gasteiger partial charge in [0, 0.05) is 51.3 Å². The second-order valence-electron chi connectivity index (χ2n) is 8.83. The monoisotopic (exact) mass is 424 g/mol. The topological polar surface area (TPSA) is 67.6 Å². The highest BCUT2D eigenvalue weighted by Gasteiger charge is 2.23. The van der Waals surface area contributed by atoms with E-state index in [-0.39, 0.29) is 31.1 Å². The van der Waals surface area contributed by atoms with Gasteiger partial charge in [-0.2, -0.15) is 5.26 Å². The van der Waals surface area contributed by atoms with E-state index in [1.807, 2.05) is 35.2 Å². The number of hydrogen-bond acceptors (Lipinski definition) is 4. The van der Waals surface area contributed by atoms with Crippen LogP contribution < -0.4 is 4.90 Å². The van der Waals surface area contributed by atoms with Crippen molar-refractivity contribution in [2.75, 3.05) is 44.2 Å². The quantitative estimate of drug-likeness (QED) is 0.636. The predicted molar refractivity (Wildman–Crippen MR) is 122 cm³/mol. The minimum atomic E-state index is -0.0939. The summed E-state index contributed by atoms with van der Waals surface area (Å²) in [5.41, 5.74) is 0.781. The number of nitriles is 1. The van der Waals surface area contributed by atoms with E-state index in [9.17, 15) is 9.59 Å². The van der Waals surface area contributed by atoms with Crippen LogP contribution in [0.4, 0.5) is 5.69 Å². The number of anilines is 1. The van der Waals surface area contributed by atoms with Gasteiger partial charge in [0.15, 0.2) is 0 Å². The largest absolute Gasteiger partial charge is 0.341 e. The van der Waals surface area contributed by atoms with E-state index in [0.29, 0.717) is 6.54 Å². The van der Waals surface area contributed by atoms with Gasteiger partial charge in [-0.15, -0.1) is 0 Å². The van der Waals surface area contributed by atoms with Crippen molar-refractivity contribution in [3.8, 4) is 6.07 Å². The van der Waals surface area contributed by atoms with Crippen LogP contribution in [0.1, 0.15) is 57.8 Å². The van der Waals surface area contributed by atoms with Gasteiger partial charge in [0.25, 0.3) is 0 Å². The zero-order chi connectivity index (χ0) is 21.9. The summed E-state index contributed by atoms with van der Waals surface area (Å²) in [7, 11) is 0. The molecule has 0 bridgehead atoms. The maximum Gasteiger partial charge on any atom is 0.227 e. The number of rotatable bonds is 8. The molecule has 0 unspecified atom stereocenters. The first-order valence-electron chi connectivity index (χ1n) is 11.9. The maximum atomic E-state index is 12.8. The third kappa shape index (κ3) is 7.36. The van der Waals surface area contributed by atoms with Gasteiger partial charge in [0.2, 0.25) is 11.8 Å². The Bertz CT molecular complexity index is 740. The lowest BCUT2D eigenvalue weighted by atomic mass is 9.89. The van der Waals surface area contributed by atoms with Gasteiger partial charge in [0.1, 0.15) is 0 Å². The molecule has 0 spiro atoms. The number of carbonyl (C=O) groups excluding carboxylic acids is 2. The number of amides is 2. The fraction of sp³-hybridized carbons (Fsp3) is 0.640. The number of carbonyl (C=O) groups is 2. The lowest BCUT2D eigenvalue weighted by molar-refractivity contribution is -0.133. The lowest BCUT2D eigenvalue weighted by Gasteiger charge is -2.29. The van der Waals surface area contributed by atoms with Crippen LogP contribution in [0.5, 0.6) is 0 Å². The highest BCUT2D eigenvalue weighted by molar-refractivity contribution is 5.95. The molecule has 1 saturated carbocycles. The standard InChI is InChI=1S/C25H36N4O2/c26-15-7-18-29(23-11-5-2-6-12-23)25(31)14-13-24(30)28-17-8-16-27(19-20-28)21-22-9-3-1-4-10-22/h2,5-6,11-12,22H,1,3-4,7-10,13-14,16-21H2. The Kier molecular flexibility index (Phi) is 9.36. The second kappa shape index (κ2) is 12.5. The van der Waals surface area contributed by atoms with Crippen molar-refractivity contribution in [1.82, 2.24) is 9.80 Å². The van der Waals surface area contributed by atoms with Crippen LogP contribution in [0.25, 0.3) is 0 Å². The molecule has 6 heteroatoms. The Morgan fingerprint density at radius 2 is 1.74 bits per heavy atom. The fourth-order valence-electron chi connectivity index (χ4n) is 4.81. The van der Waals surface area contributed by atoms with Crippen molar-refractivity contribution < 1.29 is 9.59 Å². The van der Waals surface area contributed by atoms with Crippen LogP contribution in [0.3, 0.4) is 0 Å². The molecule has 1 aliphatic heterocycles. The normalized spacial score (nSPS) is 18.2. The predicted octanol–water partition coefficient (Wildman–Crippen LogP) is 3.83. The summed E-state index contributed by atoms with van der Waals surface area (Å²) >= 11 is 0. The summed E-state index contributed by atoms with van der Waals surface area (Å²) in [6, 6.07) is 11.5. The smallest absolute Gasteiger partial charge is 0.227 e. The molecule has 1 aromatic rings. The van der Waals surface area contributed by atoms with Crippen LogP contribution in [0.15, 0.2) is 30.3 Å². The Morgan fingerprint density at radius 3 is 2.48 bits per heavy atom. The van der Waals surface area contributed by atoms with E-state index >= 15 is 0 Å². The third-order valence-electron chi connectivity index (χ3n) is 6.55. The zero-order valence-corrected chi connectivity index (χ0v) is 18.7. The Morgan fingerprint density at radius 1 is 0.968 bits per heavy atom. The van der Waals surface area contributed by atoms with Crippen molar-refractivity contribution in [3.63, 3.8) is 0 Å². The molecule has 3 rings (SSSR count). The third-order valence-corrected chi connectivity index (χ3v) is 6.55. The first-order chi connectivity index (χ1) is 15.2. The highest BCUT2D eigenvalue weighted by atomic mass is 16.2. The molecule has 31 heavy (non-hydrogen) atoms. The minimum absolute atomic E-state index is 0.0705. The van der Waals surface area contributed by atoms with E-state index in [0.717, 1.165) is 44.2 Å². The first kappa shape index (κ1) is 23.3. The Balaban J connectivity index is 1.46. The van der Waals surface area contributed by atoms with Crippen molar-refractivity contribution in [1.29, 1.82) is 5.26 Å². The van der Waals surface area contributed by atoms with Crippen LogP contribution in [-0.2, 0) is 9.59 Å². The molecule has 2 aliphatic rings. The summed E-state index contributed by atoms with van der Waals surface area (Å²) in [4.78, 5) is 31.7. The molecule has 168 valence electrons. The summed E-state index contributed by atoms with van der Waals surface area (Å²) in [6.45, 7) is 5.07. The molecule has 2 fully saturated rings. The van der Waals surface area contributed by atoms with E-state index in [1.165, 1.54) is 38.6 Å². The van der Waals surface area contributed by atoms with Crippen molar-refractivity contribution in [3.05, 3.63) is 30.3 Å². The summed E-state index contributed by atoms with van der Waals surface area (Å²) in [6.07, 6.45) is 8.52. The molecule has 0 N–H and O–H groups in total. The van der Waals surface area contributed by atoms with Crippen molar-refractivity contribution in [2.45, 2.75) is 57.8 Å². The van der Waals surface area contributed by atoms with E-state index in [1.54, 1.807) is 4.90 Å². The average molecular weight is 425 g/mol. The molecule has 1 aliphatic carbocycles.